The molecule has 0 aromatic heterocycles. The Balaban J connectivity index is 1.91. The fourth-order valence-corrected chi connectivity index (χ4v) is 2.45. The van der Waals surface area contributed by atoms with Crippen molar-refractivity contribution in [2.75, 3.05) is 16.4 Å². The first kappa shape index (κ1) is 15.4. The largest absolute Gasteiger partial charge is 0.505 e. The van der Waals surface area contributed by atoms with Crippen LogP contribution in [-0.4, -0.2) is 17.4 Å². The minimum atomic E-state index is -0.471. The highest BCUT2D eigenvalue weighted by molar-refractivity contribution is 6.11. The molecule has 0 aliphatic heterocycles. The molecule has 3 aromatic carbocycles. The molecule has 0 fully saturated rings. The van der Waals surface area contributed by atoms with E-state index in [-0.39, 0.29) is 17.0 Å². The summed E-state index contributed by atoms with van der Waals surface area (Å²) in [6, 6.07) is 15.4. The van der Waals surface area contributed by atoms with E-state index in [1.165, 1.54) is 0 Å². The second kappa shape index (κ2) is 6.29. The number of nitrogens with one attached hydrogen (secondary N) is 2. The van der Waals surface area contributed by atoms with E-state index in [0.717, 1.165) is 5.39 Å². The van der Waals surface area contributed by atoms with Crippen LogP contribution in [0, 0.1) is 0 Å². The van der Waals surface area contributed by atoms with Crippen molar-refractivity contribution in [3.8, 4) is 5.75 Å². The average Bonchev–Trinajstić information content (AvgIpc) is 2.60. The van der Waals surface area contributed by atoms with Crippen LogP contribution < -0.4 is 16.4 Å². The fourth-order valence-electron chi connectivity index (χ4n) is 2.45. The summed E-state index contributed by atoms with van der Waals surface area (Å²) in [6.45, 7) is 0. The number of anilines is 3. The van der Waals surface area contributed by atoms with Gasteiger partial charge in [0.05, 0.1) is 11.3 Å². The number of hydrogen-bond acceptors (Lipinski definition) is 4. The fraction of sp³-hybridized carbons (Fsp3) is 0. The molecule has 0 aliphatic carbocycles. The highest BCUT2D eigenvalue weighted by atomic mass is 16.3. The van der Waals surface area contributed by atoms with Crippen molar-refractivity contribution in [3.05, 3.63) is 60.2 Å². The zero-order valence-electron chi connectivity index (χ0n) is 12.6. The van der Waals surface area contributed by atoms with Gasteiger partial charge in [0.25, 0.3) is 5.91 Å². The van der Waals surface area contributed by atoms with Gasteiger partial charge >= 0.3 is 0 Å². The van der Waals surface area contributed by atoms with Crippen LogP contribution in [0.15, 0.2) is 54.6 Å². The monoisotopic (exact) mass is 321 g/mol. The molecule has 0 aliphatic rings. The molecule has 5 N–H and O–H groups in total. The molecule has 120 valence electrons. The van der Waals surface area contributed by atoms with Gasteiger partial charge in [0.15, 0.2) is 5.75 Å². The molecule has 0 bridgehead atoms. The van der Waals surface area contributed by atoms with E-state index >= 15 is 0 Å². The predicted molar refractivity (Wildman–Crippen MR) is 94.1 cm³/mol. The summed E-state index contributed by atoms with van der Waals surface area (Å²) >= 11 is 0. The van der Waals surface area contributed by atoms with Gasteiger partial charge in [0, 0.05) is 16.8 Å². The van der Waals surface area contributed by atoms with E-state index in [9.17, 15) is 14.7 Å². The highest BCUT2D eigenvalue weighted by Crippen LogP contribution is 2.34. The summed E-state index contributed by atoms with van der Waals surface area (Å²) in [6.07, 6.45) is 0.573. The number of aromatic hydroxyl groups is 1. The molecule has 0 heterocycles. The van der Waals surface area contributed by atoms with Gasteiger partial charge in [-0.1, -0.05) is 24.3 Å². The van der Waals surface area contributed by atoms with E-state index < -0.39 is 5.91 Å². The van der Waals surface area contributed by atoms with E-state index in [2.05, 4.69) is 10.6 Å². The number of phenols is 1. The van der Waals surface area contributed by atoms with Crippen LogP contribution in [0.3, 0.4) is 0 Å². The second-order valence-electron chi connectivity index (χ2n) is 5.20. The molecule has 0 saturated carbocycles. The Kier molecular flexibility index (Phi) is 4.03. The summed E-state index contributed by atoms with van der Waals surface area (Å²) in [5.74, 6) is -0.716. The average molecular weight is 321 g/mol. The molecule has 3 rings (SSSR count). The van der Waals surface area contributed by atoms with Gasteiger partial charge in [-0.05, 0) is 35.7 Å². The lowest BCUT2D eigenvalue weighted by Gasteiger charge is -2.11. The SMILES string of the molecule is Nc1c(O)c(C(=O)Nc2ccc(NC=O)cc2)cc2ccccc12. The number of phenolic OH excluding ortho intramolecular Hbond substituents is 1. The third kappa shape index (κ3) is 2.85. The minimum absolute atomic E-state index is 0.0984. The van der Waals surface area contributed by atoms with Crippen molar-refractivity contribution < 1.29 is 14.7 Å². The number of rotatable bonds is 4. The van der Waals surface area contributed by atoms with Crippen LogP contribution >= 0.6 is 0 Å². The maximum Gasteiger partial charge on any atom is 0.259 e. The molecule has 2 amide bonds. The number of hydrogen-bond donors (Lipinski definition) is 4. The van der Waals surface area contributed by atoms with Crippen molar-refractivity contribution in [2.45, 2.75) is 0 Å². The number of nitrogens with two attached hydrogens (primary N) is 1. The lowest BCUT2D eigenvalue weighted by molar-refractivity contribution is -0.105. The third-order valence-corrected chi connectivity index (χ3v) is 3.67. The first-order valence-corrected chi connectivity index (χ1v) is 7.22. The Hall–Kier alpha value is -3.54. The van der Waals surface area contributed by atoms with Gasteiger partial charge in [0.2, 0.25) is 6.41 Å². The molecule has 0 atom stereocenters. The van der Waals surface area contributed by atoms with Crippen molar-refractivity contribution >= 4 is 40.2 Å². The first-order chi connectivity index (χ1) is 11.6. The maximum absolute atomic E-state index is 12.4. The number of nitrogen functional groups attached to an aromatic ring is 1. The molecule has 0 spiro atoms. The second-order valence-corrected chi connectivity index (χ2v) is 5.20. The number of carbonyl (C=O) groups excluding carboxylic acids is 2. The topological polar surface area (TPSA) is 104 Å². The smallest absolute Gasteiger partial charge is 0.259 e. The summed E-state index contributed by atoms with van der Waals surface area (Å²) in [5, 5.41) is 16.9. The van der Waals surface area contributed by atoms with Gasteiger partial charge in [-0.2, -0.15) is 0 Å². The quantitative estimate of drug-likeness (QED) is 0.337. The van der Waals surface area contributed by atoms with Crippen LogP contribution in [0.4, 0.5) is 17.1 Å². The molecule has 0 unspecified atom stereocenters. The molecule has 6 nitrogen and oxygen atoms in total. The van der Waals surface area contributed by atoms with Gasteiger partial charge in [-0.15, -0.1) is 0 Å². The number of amides is 2. The standard InChI is InChI=1S/C18H15N3O3/c19-16-14-4-2-1-3-11(14)9-15(17(16)23)18(24)21-13-7-5-12(6-8-13)20-10-22/h1-10,23H,19H2,(H,20,22)(H,21,24). The molecule has 0 saturated heterocycles. The number of benzene rings is 3. The highest BCUT2D eigenvalue weighted by Gasteiger charge is 2.16. The molecule has 0 radical (unpaired) electrons. The third-order valence-electron chi connectivity index (χ3n) is 3.67. The van der Waals surface area contributed by atoms with E-state index in [1.54, 1.807) is 36.4 Å². The van der Waals surface area contributed by atoms with Crippen molar-refractivity contribution in [1.29, 1.82) is 0 Å². The zero-order valence-corrected chi connectivity index (χ0v) is 12.6. The van der Waals surface area contributed by atoms with Gasteiger partial charge in [0.1, 0.15) is 0 Å². The number of fused-ring (bicyclic) bond motifs is 1. The summed E-state index contributed by atoms with van der Waals surface area (Å²) < 4.78 is 0. The van der Waals surface area contributed by atoms with Gasteiger partial charge in [-0.3, -0.25) is 9.59 Å². The lowest BCUT2D eigenvalue weighted by Crippen LogP contribution is -2.13. The van der Waals surface area contributed by atoms with Crippen LogP contribution in [0.2, 0.25) is 0 Å². The van der Waals surface area contributed by atoms with Crippen LogP contribution in [-0.2, 0) is 4.79 Å². The molecular formula is C18H15N3O3. The minimum Gasteiger partial charge on any atom is -0.505 e. The zero-order chi connectivity index (χ0) is 17.1. The number of carbonyl (C=O) groups is 2. The Morgan fingerprint density at radius 2 is 1.71 bits per heavy atom. The van der Waals surface area contributed by atoms with Crippen LogP contribution in [0.5, 0.6) is 5.75 Å². The maximum atomic E-state index is 12.4. The van der Waals surface area contributed by atoms with E-state index in [4.69, 9.17) is 5.73 Å². The van der Waals surface area contributed by atoms with Crippen LogP contribution in [0.25, 0.3) is 10.8 Å². The van der Waals surface area contributed by atoms with Gasteiger partial charge in [-0.25, -0.2) is 0 Å². The predicted octanol–water partition coefficient (Wildman–Crippen LogP) is 2.95. The van der Waals surface area contributed by atoms with Crippen LogP contribution in [0.1, 0.15) is 10.4 Å². The summed E-state index contributed by atoms with van der Waals surface area (Å²) in [4.78, 5) is 22.8. The Bertz CT molecular complexity index is 921. The Morgan fingerprint density at radius 1 is 1.04 bits per heavy atom. The van der Waals surface area contributed by atoms with Gasteiger partial charge < -0.3 is 21.5 Å². The Morgan fingerprint density at radius 3 is 2.42 bits per heavy atom. The van der Waals surface area contributed by atoms with E-state index in [0.29, 0.717) is 23.2 Å². The lowest BCUT2D eigenvalue weighted by atomic mass is 10.0. The van der Waals surface area contributed by atoms with Crippen molar-refractivity contribution in [1.82, 2.24) is 0 Å². The first-order valence-electron chi connectivity index (χ1n) is 7.22. The molecule has 24 heavy (non-hydrogen) atoms. The normalized spacial score (nSPS) is 10.3. The summed E-state index contributed by atoms with van der Waals surface area (Å²) in [5.41, 5.74) is 7.34. The summed E-state index contributed by atoms with van der Waals surface area (Å²) in [7, 11) is 0. The molecular weight excluding hydrogens is 306 g/mol. The molecule has 3 aromatic rings. The van der Waals surface area contributed by atoms with Crippen molar-refractivity contribution in [2.24, 2.45) is 0 Å². The Labute approximate surface area is 137 Å². The van der Waals surface area contributed by atoms with E-state index in [1.807, 2.05) is 18.2 Å². The molecule has 6 heteroatoms. The van der Waals surface area contributed by atoms with Crippen molar-refractivity contribution in [3.63, 3.8) is 0 Å².